The maximum atomic E-state index is 13.5. The van der Waals surface area contributed by atoms with Gasteiger partial charge in [0.15, 0.2) is 0 Å². The van der Waals surface area contributed by atoms with Crippen molar-refractivity contribution >= 4 is 29.2 Å². The van der Waals surface area contributed by atoms with Crippen LogP contribution in [0.4, 0.5) is 13.2 Å². The van der Waals surface area contributed by atoms with Crippen LogP contribution in [0.5, 0.6) is 0 Å². The minimum atomic E-state index is -1.10. The van der Waals surface area contributed by atoms with Crippen molar-refractivity contribution in [2.45, 2.75) is 20.5 Å². The topological polar surface area (TPSA) is 26.3 Å². The molecule has 0 radical (unpaired) electrons. The lowest BCUT2D eigenvalue weighted by Crippen LogP contribution is -2.12. The van der Waals surface area contributed by atoms with Gasteiger partial charge in [-0.25, -0.2) is 13.2 Å². The summed E-state index contributed by atoms with van der Waals surface area (Å²) in [5, 5.41) is 0. The van der Waals surface area contributed by atoms with Crippen LogP contribution in [0.2, 0.25) is 0 Å². The Morgan fingerprint density at radius 1 is 1.27 bits per heavy atom. The van der Waals surface area contributed by atoms with E-state index in [0.717, 1.165) is 0 Å². The second kappa shape index (κ2) is 6.13. The highest BCUT2D eigenvalue weighted by Gasteiger charge is 2.61. The highest BCUT2D eigenvalue weighted by molar-refractivity contribution is 6.55. The molecule has 0 aliphatic heterocycles. The molecule has 120 valence electrons. The van der Waals surface area contributed by atoms with Crippen LogP contribution in [-0.2, 0) is 16.1 Å². The van der Waals surface area contributed by atoms with Gasteiger partial charge < -0.3 is 4.74 Å². The lowest BCUT2D eigenvalue weighted by Gasteiger charge is -2.08. The van der Waals surface area contributed by atoms with E-state index in [1.54, 1.807) is 0 Å². The molecule has 2 rings (SSSR count). The Labute approximate surface area is 135 Å². The van der Waals surface area contributed by atoms with Crippen LogP contribution >= 0.6 is 23.2 Å². The Morgan fingerprint density at radius 3 is 2.32 bits per heavy atom. The van der Waals surface area contributed by atoms with Crippen LogP contribution < -0.4 is 0 Å². The minimum absolute atomic E-state index is 0.0454. The average Bonchev–Trinajstić information content (AvgIpc) is 2.88. The molecule has 1 fully saturated rings. The lowest BCUT2D eigenvalue weighted by molar-refractivity contribution is -0.147. The summed E-state index contributed by atoms with van der Waals surface area (Å²) < 4.78 is 44.7. The molecule has 7 heteroatoms. The maximum absolute atomic E-state index is 13.5. The number of rotatable bonds is 4. The summed E-state index contributed by atoms with van der Waals surface area (Å²) in [5.41, 5.74) is -0.887. The number of carbonyl (C=O) groups is 1. The summed E-state index contributed by atoms with van der Waals surface area (Å²) >= 11 is 11.2. The fourth-order valence-electron chi connectivity index (χ4n) is 2.52. The van der Waals surface area contributed by atoms with Crippen molar-refractivity contribution < 1.29 is 22.7 Å². The van der Waals surface area contributed by atoms with E-state index in [9.17, 15) is 18.0 Å². The van der Waals surface area contributed by atoms with Crippen molar-refractivity contribution in [1.29, 1.82) is 0 Å². The first-order valence-electron chi connectivity index (χ1n) is 6.47. The molecule has 1 aromatic rings. The summed E-state index contributed by atoms with van der Waals surface area (Å²) in [7, 11) is 0. The Morgan fingerprint density at radius 2 is 1.82 bits per heavy atom. The van der Waals surface area contributed by atoms with Gasteiger partial charge in [0.05, 0.1) is 11.5 Å². The average molecular weight is 353 g/mol. The zero-order valence-corrected chi connectivity index (χ0v) is 13.3. The zero-order valence-electron chi connectivity index (χ0n) is 11.8. The zero-order chi connectivity index (χ0) is 16.7. The standard InChI is InChI=1S/C15H13Cl2F3O2/c1-15(2)9(5-12(16)17)13(15)14(21)22-6-8-10(19)3-7(18)4-11(8)20/h3-5,9,13H,6H2,1-2H3. The van der Waals surface area contributed by atoms with Crippen LogP contribution in [0.3, 0.4) is 0 Å². The van der Waals surface area contributed by atoms with Crippen molar-refractivity contribution in [2.75, 3.05) is 0 Å². The normalized spacial score (nSPS) is 22.1. The van der Waals surface area contributed by atoms with E-state index in [-0.39, 0.29) is 10.4 Å². The van der Waals surface area contributed by atoms with Gasteiger partial charge >= 0.3 is 5.97 Å². The van der Waals surface area contributed by atoms with E-state index in [1.165, 1.54) is 6.08 Å². The maximum Gasteiger partial charge on any atom is 0.310 e. The Bertz CT molecular complexity index is 617. The van der Waals surface area contributed by atoms with Gasteiger partial charge in [0.1, 0.15) is 28.6 Å². The minimum Gasteiger partial charge on any atom is -0.460 e. The second-order valence-electron chi connectivity index (χ2n) is 5.74. The van der Waals surface area contributed by atoms with Crippen LogP contribution in [0.1, 0.15) is 19.4 Å². The number of hydrogen-bond acceptors (Lipinski definition) is 2. The first-order valence-corrected chi connectivity index (χ1v) is 7.23. The predicted molar refractivity (Wildman–Crippen MR) is 76.7 cm³/mol. The number of halogens is 5. The molecule has 0 N–H and O–H groups in total. The van der Waals surface area contributed by atoms with Gasteiger partial charge in [-0.3, -0.25) is 4.79 Å². The fraction of sp³-hybridized carbons (Fsp3) is 0.400. The van der Waals surface area contributed by atoms with Crippen molar-refractivity contribution in [1.82, 2.24) is 0 Å². The Hall–Kier alpha value is -1.20. The molecule has 2 nitrogen and oxygen atoms in total. The van der Waals surface area contributed by atoms with Crippen molar-refractivity contribution in [3.05, 3.63) is 45.7 Å². The van der Waals surface area contributed by atoms with E-state index < -0.39 is 46.9 Å². The Kier molecular flexibility index (Phi) is 4.78. The number of ether oxygens (including phenoxy) is 1. The van der Waals surface area contributed by atoms with Crippen LogP contribution in [0, 0.1) is 34.7 Å². The van der Waals surface area contributed by atoms with Crippen LogP contribution in [0.25, 0.3) is 0 Å². The van der Waals surface area contributed by atoms with Crippen LogP contribution in [-0.4, -0.2) is 5.97 Å². The quantitative estimate of drug-likeness (QED) is 0.731. The molecule has 0 bridgehead atoms. The smallest absolute Gasteiger partial charge is 0.310 e. The van der Waals surface area contributed by atoms with E-state index >= 15 is 0 Å². The molecule has 0 saturated heterocycles. The third-order valence-electron chi connectivity index (χ3n) is 3.93. The van der Waals surface area contributed by atoms with Gasteiger partial charge in [-0.15, -0.1) is 0 Å². The summed E-state index contributed by atoms with van der Waals surface area (Å²) in [6.45, 7) is 3.06. The summed E-state index contributed by atoms with van der Waals surface area (Å²) in [4.78, 5) is 12.0. The van der Waals surface area contributed by atoms with Crippen molar-refractivity contribution in [3.8, 4) is 0 Å². The number of carbonyl (C=O) groups excluding carboxylic acids is 1. The molecule has 1 aliphatic rings. The fourth-order valence-corrected chi connectivity index (χ4v) is 2.79. The molecule has 0 heterocycles. The monoisotopic (exact) mass is 352 g/mol. The van der Waals surface area contributed by atoms with Gasteiger partial charge in [0, 0.05) is 12.1 Å². The molecule has 0 spiro atoms. The highest BCUT2D eigenvalue weighted by atomic mass is 35.5. The van der Waals surface area contributed by atoms with Gasteiger partial charge in [0.2, 0.25) is 0 Å². The molecule has 1 aliphatic carbocycles. The summed E-state index contributed by atoms with van der Waals surface area (Å²) in [5.74, 6) is -4.53. The predicted octanol–water partition coefficient (Wildman–Crippen LogP) is 4.74. The molecule has 2 atom stereocenters. The number of esters is 1. The second-order valence-corrected chi connectivity index (χ2v) is 6.74. The van der Waals surface area contributed by atoms with E-state index in [1.807, 2.05) is 13.8 Å². The molecular weight excluding hydrogens is 340 g/mol. The third-order valence-corrected chi connectivity index (χ3v) is 4.19. The first-order chi connectivity index (χ1) is 10.1. The van der Waals surface area contributed by atoms with E-state index in [2.05, 4.69) is 0 Å². The van der Waals surface area contributed by atoms with Gasteiger partial charge in [0.25, 0.3) is 0 Å². The number of allylic oxidation sites excluding steroid dienone is 1. The first kappa shape index (κ1) is 17.2. The molecule has 2 unspecified atom stereocenters. The lowest BCUT2D eigenvalue weighted by atomic mass is 10.1. The highest BCUT2D eigenvalue weighted by Crippen LogP contribution is 2.60. The summed E-state index contributed by atoms with van der Waals surface area (Å²) in [6, 6.07) is 1.07. The van der Waals surface area contributed by atoms with Gasteiger partial charge in [-0.1, -0.05) is 37.0 Å². The largest absolute Gasteiger partial charge is 0.460 e. The molecular formula is C15H13Cl2F3O2. The Balaban J connectivity index is 2.05. The molecule has 22 heavy (non-hydrogen) atoms. The van der Waals surface area contributed by atoms with E-state index in [0.29, 0.717) is 12.1 Å². The molecule has 1 aromatic carbocycles. The summed E-state index contributed by atoms with van der Waals surface area (Å²) in [6.07, 6.45) is 1.54. The number of hydrogen-bond donors (Lipinski definition) is 0. The van der Waals surface area contributed by atoms with E-state index in [4.69, 9.17) is 27.9 Å². The van der Waals surface area contributed by atoms with Gasteiger partial charge in [-0.05, 0) is 17.4 Å². The molecule has 1 saturated carbocycles. The molecule has 0 amide bonds. The number of benzene rings is 1. The third kappa shape index (κ3) is 3.41. The SMILES string of the molecule is CC1(C)C(C=C(Cl)Cl)C1C(=O)OCc1c(F)cc(F)cc1F. The van der Waals surface area contributed by atoms with Crippen molar-refractivity contribution in [2.24, 2.45) is 17.3 Å². The molecule has 0 aromatic heterocycles. The van der Waals surface area contributed by atoms with Crippen LogP contribution in [0.15, 0.2) is 22.7 Å². The van der Waals surface area contributed by atoms with Gasteiger partial charge in [-0.2, -0.15) is 0 Å². The van der Waals surface area contributed by atoms with Crippen molar-refractivity contribution in [3.63, 3.8) is 0 Å².